The average Bonchev–Trinajstić information content (AvgIpc) is 2.39. The zero-order valence-electron chi connectivity index (χ0n) is 10.1. The van der Waals surface area contributed by atoms with E-state index in [1.54, 1.807) is 18.2 Å². The first kappa shape index (κ1) is 16.6. The molecule has 0 radical (unpaired) electrons. The Balaban J connectivity index is 0.00000200. The first-order valence-corrected chi connectivity index (χ1v) is 8.28. The van der Waals surface area contributed by atoms with Crippen molar-refractivity contribution >= 4 is 32.3 Å². The maximum Gasteiger partial charge on any atom is 0.238 e. The molecule has 0 amide bonds. The van der Waals surface area contributed by atoms with Gasteiger partial charge in [0.2, 0.25) is 19.9 Å². The van der Waals surface area contributed by atoms with Crippen LogP contribution in [0.1, 0.15) is 0 Å². The third kappa shape index (κ3) is 3.37. The van der Waals surface area contributed by atoms with Crippen molar-refractivity contribution in [1.82, 2.24) is 0 Å². The fourth-order valence-electron chi connectivity index (χ4n) is 1.55. The minimum absolute atomic E-state index is 0. The summed E-state index contributed by atoms with van der Waals surface area (Å²) in [5.41, 5.74) is 0. The molecule has 0 unspecified atom stereocenters. The van der Waals surface area contributed by atoms with Gasteiger partial charge in [0.25, 0.3) is 0 Å². The summed E-state index contributed by atoms with van der Waals surface area (Å²) in [5.74, 6) is 0. The van der Waals surface area contributed by atoms with Crippen LogP contribution < -0.4 is 5.14 Å². The normalized spacial score (nSPS) is 11.7. The van der Waals surface area contributed by atoms with Gasteiger partial charge in [-0.2, -0.15) is 0 Å². The van der Waals surface area contributed by atoms with Gasteiger partial charge in [0, 0.05) is 0 Å². The third-order valence-electron chi connectivity index (χ3n) is 2.50. The Kier molecular flexibility index (Phi) is 4.93. The zero-order valence-corrected chi connectivity index (χ0v) is 12.6. The molecule has 2 aromatic carbocycles. The minimum Gasteiger partial charge on any atom is -0.225 e. The van der Waals surface area contributed by atoms with Crippen molar-refractivity contribution < 1.29 is 16.8 Å². The number of sulfone groups is 1. The van der Waals surface area contributed by atoms with E-state index in [0.717, 1.165) is 6.07 Å². The minimum atomic E-state index is -3.93. The molecule has 0 spiro atoms. The van der Waals surface area contributed by atoms with Crippen LogP contribution in [0.3, 0.4) is 0 Å². The Bertz CT molecular complexity index is 802. The van der Waals surface area contributed by atoms with Crippen LogP contribution in [0, 0.1) is 0 Å². The second-order valence-electron chi connectivity index (χ2n) is 3.84. The molecular weight excluding hydrogens is 322 g/mol. The van der Waals surface area contributed by atoms with E-state index in [9.17, 15) is 16.8 Å². The van der Waals surface area contributed by atoms with Crippen molar-refractivity contribution in [1.29, 1.82) is 0 Å². The lowest BCUT2D eigenvalue weighted by atomic mass is 10.4. The highest BCUT2D eigenvalue weighted by atomic mass is 35.5. The first-order valence-electron chi connectivity index (χ1n) is 5.25. The van der Waals surface area contributed by atoms with Crippen molar-refractivity contribution in [3.05, 3.63) is 54.6 Å². The van der Waals surface area contributed by atoms with Crippen LogP contribution in [-0.4, -0.2) is 16.8 Å². The quantitative estimate of drug-likeness (QED) is 0.922. The summed E-state index contributed by atoms with van der Waals surface area (Å²) in [5, 5.41) is 4.99. The van der Waals surface area contributed by atoms with E-state index in [1.807, 2.05) is 0 Å². The van der Waals surface area contributed by atoms with Gasteiger partial charge in [-0.25, -0.2) is 22.0 Å². The molecule has 20 heavy (non-hydrogen) atoms. The van der Waals surface area contributed by atoms with Crippen LogP contribution in [0.2, 0.25) is 0 Å². The van der Waals surface area contributed by atoms with E-state index < -0.39 is 19.9 Å². The summed E-state index contributed by atoms with van der Waals surface area (Å²) in [6.45, 7) is 0. The number of hydrogen-bond donors (Lipinski definition) is 1. The van der Waals surface area contributed by atoms with Gasteiger partial charge >= 0.3 is 0 Å². The first-order chi connectivity index (χ1) is 8.82. The van der Waals surface area contributed by atoms with E-state index in [-0.39, 0.29) is 27.1 Å². The van der Waals surface area contributed by atoms with Crippen molar-refractivity contribution in [3.8, 4) is 0 Å². The van der Waals surface area contributed by atoms with Gasteiger partial charge in [0.1, 0.15) is 0 Å². The molecule has 0 aliphatic rings. The lowest BCUT2D eigenvalue weighted by Gasteiger charge is -2.05. The average molecular weight is 334 g/mol. The van der Waals surface area contributed by atoms with Gasteiger partial charge in [-0.15, -0.1) is 12.4 Å². The van der Waals surface area contributed by atoms with Crippen molar-refractivity contribution in [2.45, 2.75) is 14.7 Å². The summed E-state index contributed by atoms with van der Waals surface area (Å²) < 4.78 is 47.0. The van der Waals surface area contributed by atoms with Crippen LogP contribution in [-0.2, 0) is 19.9 Å². The summed E-state index contributed by atoms with van der Waals surface area (Å²) >= 11 is 0. The highest BCUT2D eigenvalue weighted by molar-refractivity contribution is 7.91. The second-order valence-corrected chi connectivity index (χ2v) is 7.35. The van der Waals surface area contributed by atoms with E-state index >= 15 is 0 Å². The van der Waals surface area contributed by atoms with Gasteiger partial charge in [-0.05, 0) is 30.3 Å². The monoisotopic (exact) mass is 333 g/mol. The van der Waals surface area contributed by atoms with Crippen LogP contribution >= 0.6 is 12.4 Å². The lowest BCUT2D eigenvalue weighted by Crippen LogP contribution is -2.13. The Hall–Kier alpha value is -1.41. The molecule has 0 atom stereocenters. The standard InChI is InChI=1S/C12H11NO4S2.ClH/c13-19(16,17)12-8-4-7-11(9-12)18(14,15)10-5-2-1-3-6-10;/h1-9H,(H2,13,16,17);1H. The number of benzene rings is 2. The van der Waals surface area contributed by atoms with Gasteiger partial charge in [0.15, 0.2) is 0 Å². The Morgan fingerprint density at radius 1 is 0.700 bits per heavy atom. The molecule has 0 aliphatic carbocycles. The molecule has 0 saturated carbocycles. The Labute approximate surface area is 123 Å². The molecule has 0 saturated heterocycles. The molecule has 0 fully saturated rings. The van der Waals surface area contributed by atoms with Crippen molar-refractivity contribution in [2.24, 2.45) is 5.14 Å². The number of nitrogens with two attached hydrogens (primary N) is 1. The van der Waals surface area contributed by atoms with E-state index in [0.29, 0.717) is 0 Å². The highest BCUT2D eigenvalue weighted by Crippen LogP contribution is 2.22. The number of sulfonamides is 1. The van der Waals surface area contributed by atoms with Gasteiger partial charge in [-0.3, -0.25) is 0 Å². The summed E-state index contributed by atoms with van der Waals surface area (Å²) in [4.78, 5) is -0.240. The highest BCUT2D eigenvalue weighted by Gasteiger charge is 2.19. The van der Waals surface area contributed by atoms with Gasteiger partial charge in [0.05, 0.1) is 14.7 Å². The van der Waals surface area contributed by atoms with Crippen molar-refractivity contribution in [2.75, 3.05) is 0 Å². The summed E-state index contributed by atoms with van der Waals surface area (Å²) in [6, 6.07) is 12.7. The third-order valence-corrected chi connectivity index (χ3v) is 5.18. The molecule has 2 N–H and O–H groups in total. The zero-order chi connectivity index (χ0) is 14.1. The fourth-order valence-corrected chi connectivity index (χ4v) is 3.52. The van der Waals surface area contributed by atoms with E-state index in [2.05, 4.69) is 0 Å². The maximum atomic E-state index is 12.3. The number of primary sulfonamides is 1. The molecule has 0 aromatic heterocycles. The molecule has 0 bridgehead atoms. The molecule has 8 heteroatoms. The number of hydrogen-bond acceptors (Lipinski definition) is 4. The lowest BCUT2D eigenvalue weighted by molar-refractivity contribution is 0.595. The molecular formula is C12H12ClNO4S2. The second kappa shape index (κ2) is 5.92. The Morgan fingerprint density at radius 2 is 1.20 bits per heavy atom. The predicted molar refractivity (Wildman–Crippen MR) is 77.0 cm³/mol. The number of halogens is 1. The SMILES string of the molecule is Cl.NS(=O)(=O)c1cccc(S(=O)(=O)c2ccccc2)c1. The molecule has 0 aliphatic heterocycles. The van der Waals surface area contributed by atoms with Crippen LogP contribution in [0.5, 0.6) is 0 Å². The summed E-state index contributed by atoms with van der Waals surface area (Å²) in [7, 11) is -7.67. The van der Waals surface area contributed by atoms with Gasteiger partial charge in [-0.1, -0.05) is 24.3 Å². The summed E-state index contributed by atoms with van der Waals surface area (Å²) in [6.07, 6.45) is 0. The smallest absolute Gasteiger partial charge is 0.225 e. The van der Waals surface area contributed by atoms with Gasteiger partial charge < -0.3 is 0 Å². The Morgan fingerprint density at radius 3 is 1.75 bits per heavy atom. The topological polar surface area (TPSA) is 94.3 Å². The molecule has 0 heterocycles. The van der Waals surface area contributed by atoms with Crippen LogP contribution in [0.4, 0.5) is 0 Å². The predicted octanol–water partition coefficient (Wildman–Crippen LogP) is 1.59. The van der Waals surface area contributed by atoms with Crippen LogP contribution in [0.25, 0.3) is 0 Å². The maximum absolute atomic E-state index is 12.3. The van der Waals surface area contributed by atoms with E-state index in [4.69, 9.17) is 5.14 Å². The van der Waals surface area contributed by atoms with Crippen LogP contribution in [0.15, 0.2) is 69.3 Å². The molecule has 5 nitrogen and oxygen atoms in total. The number of rotatable bonds is 3. The van der Waals surface area contributed by atoms with Crippen molar-refractivity contribution in [3.63, 3.8) is 0 Å². The molecule has 2 rings (SSSR count). The fraction of sp³-hybridized carbons (Fsp3) is 0. The largest absolute Gasteiger partial charge is 0.238 e. The van der Waals surface area contributed by atoms with E-state index in [1.165, 1.54) is 30.3 Å². The molecule has 108 valence electrons. The molecule has 2 aromatic rings.